The molecule has 3 aromatic rings. The van der Waals surface area contributed by atoms with Gasteiger partial charge in [0.1, 0.15) is 6.04 Å². The normalized spacial score (nSPS) is 12.1. The Morgan fingerprint density at radius 1 is 1.23 bits per heavy atom. The maximum Gasteiger partial charge on any atom is 0.250 e. The number of benzene rings is 1. The van der Waals surface area contributed by atoms with Crippen molar-refractivity contribution in [3.05, 3.63) is 53.8 Å². The lowest BCUT2D eigenvalue weighted by Gasteiger charge is -2.10. The number of anilines is 1. The summed E-state index contributed by atoms with van der Waals surface area (Å²) in [5, 5.41) is 7.73. The molecule has 0 bridgehead atoms. The highest BCUT2D eigenvalue weighted by atomic mass is 32.1. The number of carbonyl (C=O) groups excluding carboxylic acids is 1. The van der Waals surface area contributed by atoms with Crippen LogP contribution in [0.15, 0.2) is 48.9 Å². The molecule has 0 radical (unpaired) electrons. The van der Waals surface area contributed by atoms with Gasteiger partial charge in [0.25, 0.3) is 5.91 Å². The number of aromatic nitrogens is 3. The van der Waals surface area contributed by atoms with Crippen LogP contribution in [0.25, 0.3) is 11.1 Å². The summed E-state index contributed by atoms with van der Waals surface area (Å²) in [6, 6.07) is 9.57. The number of nitrogens with zero attached hydrogens (tertiary/aromatic N) is 3. The molecule has 2 aromatic heterocycles. The van der Waals surface area contributed by atoms with Gasteiger partial charge in [-0.2, -0.15) is 5.10 Å². The number of hydrogen-bond acceptors (Lipinski definition) is 4. The van der Waals surface area contributed by atoms with Gasteiger partial charge >= 0.3 is 0 Å². The van der Waals surface area contributed by atoms with E-state index in [1.54, 1.807) is 17.1 Å². The van der Waals surface area contributed by atoms with Gasteiger partial charge in [-0.1, -0.05) is 30.3 Å². The zero-order valence-corrected chi connectivity index (χ0v) is 13.2. The number of nitrogens with one attached hydrogen (secondary N) is 1. The molecule has 22 heavy (non-hydrogen) atoms. The zero-order valence-electron chi connectivity index (χ0n) is 12.4. The van der Waals surface area contributed by atoms with Crippen LogP contribution in [0.3, 0.4) is 0 Å². The van der Waals surface area contributed by atoms with Gasteiger partial charge in [0.05, 0.1) is 6.20 Å². The van der Waals surface area contributed by atoms with Crippen molar-refractivity contribution in [2.24, 2.45) is 0 Å². The summed E-state index contributed by atoms with van der Waals surface area (Å²) in [4.78, 5) is 17.5. The lowest BCUT2D eigenvalue weighted by Crippen LogP contribution is -2.23. The van der Waals surface area contributed by atoms with Gasteiger partial charge in [0.15, 0.2) is 5.13 Å². The predicted octanol–water partition coefficient (Wildman–Crippen LogP) is 3.51. The second-order valence-corrected chi connectivity index (χ2v) is 6.25. The molecule has 112 valence electrons. The summed E-state index contributed by atoms with van der Waals surface area (Å²) < 4.78 is 1.66. The molecule has 6 heteroatoms. The molecule has 0 spiro atoms. The van der Waals surface area contributed by atoms with E-state index in [9.17, 15) is 4.79 Å². The van der Waals surface area contributed by atoms with Crippen LogP contribution < -0.4 is 5.32 Å². The Morgan fingerprint density at radius 2 is 2.00 bits per heavy atom. The van der Waals surface area contributed by atoms with E-state index in [1.807, 2.05) is 50.4 Å². The van der Waals surface area contributed by atoms with Crippen LogP contribution in [0, 0.1) is 6.92 Å². The van der Waals surface area contributed by atoms with E-state index in [0.717, 1.165) is 16.0 Å². The Balaban J connectivity index is 1.73. The number of amides is 1. The predicted molar refractivity (Wildman–Crippen MR) is 87.9 cm³/mol. The third-order valence-corrected chi connectivity index (χ3v) is 4.16. The lowest BCUT2D eigenvalue weighted by atomic mass is 10.1. The van der Waals surface area contributed by atoms with Crippen molar-refractivity contribution in [1.29, 1.82) is 0 Å². The van der Waals surface area contributed by atoms with E-state index >= 15 is 0 Å². The van der Waals surface area contributed by atoms with Gasteiger partial charge in [-0.25, -0.2) is 4.98 Å². The molecular weight excluding hydrogens is 296 g/mol. The average Bonchev–Trinajstić information content (AvgIpc) is 3.17. The number of thiazole rings is 1. The minimum Gasteiger partial charge on any atom is -0.300 e. The second kappa shape index (κ2) is 6.11. The quantitative estimate of drug-likeness (QED) is 0.802. The summed E-state index contributed by atoms with van der Waals surface area (Å²) in [7, 11) is 0. The van der Waals surface area contributed by atoms with Gasteiger partial charge in [-0.05, 0) is 19.4 Å². The van der Waals surface area contributed by atoms with Gasteiger partial charge in [-0.15, -0.1) is 11.3 Å². The Morgan fingerprint density at radius 3 is 2.68 bits per heavy atom. The molecule has 0 aliphatic heterocycles. The molecule has 1 atom stereocenters. The Hall–Kier alpha value is -2.47. The molecule has 5 nitrogen and oxygen atoms in total. The number of hydrogen-bond donors (Lipinski definition) is 1. The first-order valence-corrected chi connectivity index (χ1v) is 7.78. The smallest absolute Gasteiger partial charge is 0.250 e. The molecule has 1 N–H and O–H groups in total. The highest BCUT2D eigenvalue weighted by molar-refractivity contribution is 7.15. The van der Waals surface area contributed by atoms with Crippen LogP contribution >= 0.6 is 11.3 Å². The minimum atomic E-state index is -0.401. The maximum absolute atomic E-state index is 12.3. The van der Waals surface area contributed by atoms with Crippen LogP contribution in [-0.2, 0) is 4.79 Å². The molecule has 2 heterocycles. The molecule has 0 aliphatic rings. The van der Waals surface area contributed by atoms with E-state index in [-0.39, 0.29) is 5.91 Å². The molecule has 0 aliphatic carbocycles. The summed E-state index contributed by atoms with van der Waals surface area (Å²) >= 11 is 1.46. The van der Waals surface area contributed by atoms with E-state index in [1.165, 1.54) is 11.3 Å². The van der Waals surface area contributed by atoms with Crippen LogP contribution in [0.1, 0.15) is 17.8 Å². The second-order valence-electron chi connectivity index (χ2n) is 5.02. The van der Waals surface area contributed by atoms with Gasteiger partial charge < -0.3 is 5.32 Å². The van der Waals surface area contributed by atoms with Crippen molar-refractivity contribution in [3.63, 3.8) is 0 Å². The van der Waals surface area contributed by atoms with Crippen LogP contribution in [0.5, 0.6) is 0 Å². The molecular formula is C16H16N4OS. The van der Waals surface area contributed by atoms with Gasteiger partial charge in [0, 0.05) is 22.8 Å². The van der Waals surface area contributed by atoms with E-state index in [0.29, 0.717) is 5.13 Å². The third kappa shape index (κ3) is 3.07. The SMILES string of the molecule is Cc1cnc(NC(=O)C(C)n2cc(-c3ccccc3)cn2)s1. The van der Waals surface area contributed by atoms with Crippen molar-refractivity contribution in [2.75, 3.05) is 5.32 Å². The first kappa shape index (κ1) is 14.5. The van der Waals surface area contributed by atoms with Crippen LogP contribution in [-0.4, -0.2) is 20.7 Å². The van der Waals surface area contributed by atoms with E-state index in [4.69, 9.17) is 0 Å². The van der Waals surface area contributed by atoms with Crippen molar-refractivity contribution in [2.45, 2.75) is 19.9 Å². The molecule has 1 unspecified atom stereocenters. The standard InChI is InChI=1S/C16H16N4OS/c1-11-8-17-16(22-11)19-15(21)12(2)20-10-14(9-18-20)13-6-4-3-5-7-13/h3-10,12H,1-2H3,(H,17,19,21). The largest absolute Gasteiger partial charge is 0.300 e. The first-order valence-electron chi connectivity index (χ1n) is 6.96. The molecule has 1 amide bonds. The van der Waals surface area contributed by atoms with E-state index in [2.05, 4.69) is 15.4 Å². The Bertz CT molecular complexity index is 778. The van der Waals surface area contributed by atoms with Crippen molar-refractivity contribution in [1.82, 2.24) is 14.8 Å². The molecule has 3 rings (SSSR count). The molecule has 0 fully saturated rings. The third-order valence-electron chi connectivity index (χ3n) is 3.34. The fourth-order valence-corrected chi connectivity index (χ4v) is 2.74. The summed E-state index contributed by atoms with van der Waals surface area (Å²) in [6.07, 6.45) is 5.39. The van der Waals surface area contributed by atoms with Crippen molar-refractivity contribution >= 4 is 22.4 Å². The fourth-order valence-electron chi connectivity index (χ4n) is 2.07. The topological polar surface area (TPSA) is 59.8 Å². The van der Waals surface area contributed by atoms with Crippen molar-refractivity contribution in [3.8, 4) is 11.1 Å². The highest BCUT2D eigenvalue weighted by Crippen LogP contribution is 2.21. The average molecular weight is 312 g/mol. The summed E-state index contributed by atoms with van der Waals surface area (Å²) in [6.45, 7) is 3.77. The lowest BCUT2D eigenvalue weighted by molar-refractivity contribution is -0.119. The maximum atomic E-state index is 12.3. The van der Waals surface area contributed by atoms with Gasteiger partial charge in [0.2, 0.25) is 0 Å². The molecule has 0 saturated carbocycles. The monoisotopic (exact) mass is 312 g/mol. The van der Waals surface area contributed by atoms with Gasteiger partial charge in [-0.3, -0.25) is 9.48 Å². The van der Waals surface area contributed by atoms with Crippen LogP contribution in [0.2, 0.25) is 0 Å². The fraction of sp³-hybridized carbons (Fsp3) is 0.188. The summed E-state index contributed by atoms with van der Waals surface area (Å²) in [5.74, 6) is -0.128. The highest BCUT2D eigenvalue weighted by Gasteiger charge is 2.17. The van der Waals surface area contributed by atoms with Crippen LogP contribution in [0.4, 0.5) is 5.13 Å². The minimum absolute atomic E-state index is 0.128. The Kier molecular flexibility index (Phi) is 4.02. The number of rotatable bonds is 4. The van der Waals surface area contributed by atoms with E-state index < -0.39 is 6.04 Å². The molecule has 0 saturated heterocycles. The van der Waals surface area contributed by atoms with Crippen molar-refractivity contribution < 1.29 is 4.79 Å². The Labute approximate surface area is 132 Å². The first-order chi connectivity index (χ1) is 10.6. The molecule has 1 aromatic carbocycles. The number of aryl methyl sites for hydroxylation is 1. The zero-order chi connectivity index (χ0) is 15.5. The number of carbonyl (C=O) groups is 1. The summed E-state index contributed by atoms with van der Waals surface area (Å²) in [5.41, 5.74) is 2.07.